The van der Waals surface area contributed by atoms with Gasteiger partial charge in [-0.15, -0.1) is 0 Å². The third kappa shape index (κ3) is 4.19. The molecule has 6 heteroatoms. The molecule has 1 unspecified atom stereocenters. The maximum atomic E-state index is 12.3. The van der Waals surface area contributed by atoms with Crippen LogP contribution in [0.25, 0.3) is 10.9 Å². The standard InChI is InChI=1S/C19H19ClN4O/c1-2-17(23-15-7-5-6-14(20)10-15)19(25)24-22-12-13-11-21-18-9-4-3-8-16(13)18/h3-12,17,21,23H,2H2,1H3,(H,24,25)/b22-12+. The molecule has 0 saturated carbocycles. The van der Waals surface area contributed by atoms with Crippen LogP contribution in [0, 0.1) is 0 Å². The summed E-state index contributed by atoms with van der Waals surface area (Å²) >= 11 is 5.97. The number of nitrogens with one attached hydrogen (secondary N) is 3. The third-order valence-corrected chi connectivity index (χ3v) is 4.12. The van der Waals surface area contributed by atoms with Gasteiger partial charge in [0.1, 0.15) is 6.04 Å². The average molecular weight is 355 g/mol. The van der Waals surface area contributed by atoms with Crippen LogP contribution in [0.4, 0.5) is 5.69 Å². The first-order valence-electron chi connectivity index (χ1n) is 8.08. The number of aromatic amines is 1. The van der Waals surface area contributed by atoms with Gasteiger partial charge in [0.15, 0.2) is 0 Å². The predicted octanol–water partition coefficient (Wildman–Crippen LogP) is 4.16. The highest BCUT2D eigenvalue weighted by molar-refractivity contribution is 6.30. The molecule has 0 fully saturated rings. The van der Waals surface area contributed by atoms with Gasteiger partial charge in [-0.1, -0.05) is 42.8 Å². The van der Waals surface area contributed by atoms with E-state index in [2.05, 4.69) is 20.8 Å². The van der Waals surface area contributed by atoms with E-state index >= 15 is 0 Å². The number of halogens is 1. The van der Waals surface area contributed by atoms with Crippen LogP contribution in [0.15, 0.2) is 59.8 Å². The van der Waals surface area contributed by atoms with Gasteiger partial charge in [-0.3, -0.25) is 4.79 Å². The number of benzene rings is 2. The fourth-order valence-corrected chi connectivity index (χ4v) is 2.77. The van der Waals surface area contributed by atoms with Crippen molar-refractivity contribution >= 4 is 40.3 Å². The summed E-state index contributed by atoms with van der Waals surface area (Å²) in [4.78, 5) is 15.5. The highest BCUT2D eigenvalue weighted by atomic mass is 35.5. The molecule has 128 valence electrons. The highest BCUT2D eigenvalue weighted by Crippen LogP contribution is 2.17. The van der Waals surface area contributed by atoms with Crippen LogP contribution in [-0.4, -0.2) is 23.1 Å². The molecule has 3 aromatic rings. The summed E-state index contributed by atoms with van der Waals surface area (Å²) in [5, 5.41) is 8.93. The molecule has 5 nitrogen and oxygen atoms in total. The Kier molecular flexibility index (Phi) is 5.36. The van der Waals surface area contributed by atoms with E-state index in [1.165, 1.54) is 0 Å². The van der Waals surface area contributed by atoms with Crippen LogP contribution in [-0.2, 0) is 4.79 Å². The van der Waals surface area contributed by atoms with Gasteiger partial charge in [-0.2, -0.15) is 5.10 Å². The smallest absolute Gasteiger partial charge is 0.262 e. The summed E-state index contributed by atoms with van der Waals surface area (Å²) < 4.78 is 0. The molecule has 3 rings (SSSR count). The lowest BCUT2D eigenvalue weighted by Crippen LogP contribution is -2.36. The second kappa shape index (κ2) is 7.85. The number of fused-ring (bicyclic) bond motifs is 1. The van der Waals surface area contributed by atoms with E-state index < -0.39 is 6.04 Å². The van der Waals surface area contributed by atoms with Crippen molar-refractivity contribution in [2.24, 2.45) is 5.10 Å². The van der Waals surface area contributed by atoms with Crippen molar-refractivity contribution in [3.8, 4) is 0 Å². The fourth-order valence-electron chi connectivity index (χ4n) is 2.58. The van der Waals surface area contributed by atoms with E-state index in [-0.39, 0.29) is 5.91 Å². The molecule has 0 spiro atoms. The van der Waals surface area contributed by atoms with E-state index in [1.54, 1.807) is 18.3 Å². The summed E-state index contributed by atoms with van der Waals surface area (Å²) in [5.74, 6) is -0.196. The maximum absolute atomic E-state index is 12.3. The zero-order valence-corrected chi connectivity index (χ0v) is 14.5. The van der Waals surface area contributed by atoms with Crippen molar-refractivity contribution in [2.75, 3.05) is 5.32 Å². The van der Waals surface area contributed by atoms with Gasteiger partial charge >= 0.3 is 0 Å². The molecule has 0 aliphatic rings. The Bertz CT molecular complexity index is 903. The lowest BCUT2D eigenvalue weighted by molar-refractivity contribution is -0.121. The van der Waals surface area contributed by atoms with Crippen molar-refractivity contribution in [1.29, 1.82) is 0 Å². The van der Waals surface area contributed by atoms with E-state index in [0.717, 1.165) is 22.2 Å². The molecule has 1 heterocycles. The second-order valence-electron chi connectivity index (χ2n) is 5.64. The number of para-hydroxylation sites is 1. The quantitative estimate of drug-likeness (QED) is 0.459. The number of anilines is 1. The number of amides is 1. The third-order valence-electron chi connectivity index (χ3n) is 3.89. The molecule has 25 heavy (non-hydrogen) atoms. The SMILES string of the molecule is CCC(Nc1cccc(Cl)c1)C(=O)N/N=C/c1c[nH]c2ccccc12. The molecule has 0 aliphatic carbocycles. The van der Waals surface area contributed by atoms with E-state index in [9.17, 15) is 4.79 Å². The molecular formula is C19H19ClN4O. The number of hydrogen-bond donors (Lipinski definition) is 3. The first kappa shape index (κ1) is 17.0. The number of aromatic nitrogens is 1. The number of carbonyl (C=O) groups excluding carboxylic acids is 1. The van der Waals surface area contributed by atoms with Crippen LogP contribution in [0.3, 0.4) is 0 Å². The summed E-state index contributed by atoms with van der Waals surface area (Å²) in [6.07, 6.45) is 4.13. The Morgan fingerprint density at radius 2 is 2.12 bits per heavy atom. The average Bonchev–Trinajstić information content (AvgIpc) is 3.03. The normalized spacial score (nSPS) is 12.4. The van der Waals surface area contributed by atoms with Crippen LogP contribution >= 0.6 is 11.6 Å². The summed E-state index contributed by atoms with van der Waals surface area (Å²) in [6.45, 7) is 1.94. The molecular weight excluding hydrogens is 336 g/mol. The zero-order valence-electron chi connectivity index (χ0n) is 13.8. The molecule has 0 bridgehead atoms. The Labute approximate surface area is 151 Å². The van der Waals surface area contributed by atoms with Crippen molar-refractivity contribution < 1.29 is 4.79 Å². The van der Waals surface area contributed by atoms with Gasteiger partial charge < -0.3 is 10.3 Å². The summed E-state index contributed by atoms with van der Waals surface area (Å²) in [7, 11) is 0. The molecule has 1 atom stereocenters. The van der Waals surface area contributed by atoms with Crippen molar-refractivity contribution in [1.82, 2.24) is 10.4 Å². The van der Waals surface area contributed by atoms with Gasteiger partial charge in [0, 0.05) is 33.4 Å². The number of rotatable bonds is 6. The lowest BCUT2D eigenvalue weighted by Gasteiger charge is -2.16. The lowest BCUT2D eigenvalue weighted by atomic mass is 10.2. The number of nitrogens with zero attached hydrogens (tertiary/aromatic N) is 1. The second-order valence-corrected chi connectivity index (χ2v) is 6.08. The highest BCUT2D eigenvalue weighted by Gasteiger charge is 2.15. The Balaban J connectivity index is 1.64. The Hall–Kier alpha value is -2.79. The van der Waals surface area contributed by atoms with Gasteiger partial charge in [0.2, 0.25) is 0 Å². The summed E-state index contributed by atoms with van der Waals surface area (Å²) in [5.41, 5.74) is 5.35. The number of hydrogen-bond acceptors (Lipinski definition) is 3. The predicted molar refractivity (Wildman–Crippen MR) is 103 cm³/mol. The first-order chi connectivity index (χ1) is 12.2. The number of hydrazone groups is 1. The van der Waals surface area contributed by atoms with Gasteiger partial charge in [0.05, 0.1) is 6.21 Å². The number of carbonyl (C=O) groups is 1. The van der Waals surface area contributed by atoms with Crippen molar-refractivity contribution in [3.05, 3.63) is 65.3 Å². The van der Waals surface area contributed by atoms with Crippen LogP contribution in [0.5, 0.6) is 0 Å². The zero-order chi connectivity index (χ0) is 17.6. The van der Waals surface area contributed by atoms with E-state index in [4.69, 9.17) is 11.6 Å². The molecule has 0 saturated heterocycles. The molecule has 0 radical (unpaired) electrons. The molecule has 1 amide bonds. The van der Waals surface area contributed by atoms with Crippen LogP contribution < -0.4 is 10.7 Å². The first-order valence-corrected chi connectivity index (χ1v) is 8.46. The van der Waals surface area contributed by atoms with Crippen LogP contribution in [0.2, 0.25) is 5.02 Å². The number of H-pyrrole nitrogens is 1. The van der Waals surface area contributed by atoms with Gasteiger partial charge in [0.25, 0.3) is 5.91 Å². The molecule has 2 aromatic carbocycles. The van der Waals surface area contributed by atoms with Gasteiger partial charge in [-0.05, 0) is 30.7 Å². The van der Waals surface area contributed by atoms with E-state index in [1.807, 2.05) is 49.5 Å². The fraction of sp³-hybridized carbons (Fsp3) is 0.158. The monoisotopic (exact) mass is 354 g/mol. The minimum absolute atomic E-state index is 0.196. The van der Waals surface area contributed by atoms with Crippen molar-refractivity contribution in [3.63, 3.8) is 0 Å². The molecule has 0 aliphatic heterocycles. The maximum Gasteiger partial charge on any atom is 0.262 e. The molecule has 1 aromatic heterocycles. The van der Waals surface area contributed by atoms with Gasteiger partial charge in [-0.25, -0.2) is 5.43 Å². The van der Waals surface area contributed by atoms with Crippen LogP contribution in [0.1, 0.15) is 18.9 Å². The van der Waals surface area contributed by atoms with E-state index in [0.29, 0.717) is 11.4 Å². The van der Waals surface area contributed by atoms with Crippen molar-refractivity contribution in [2.45, 2.75) is 19.4 Å². The summed E-state index contributed by atoms with van der Waals surface area (Å²) in [6, 6.07) is 14.8. The largest absolute Gasteiger partial charge is 0.374 e. The minimum Gasteiger partial charge on any atom is -0.374 e. The Morgan fingerprint density at radius 1 is 1.28 bits per heavy atom. The Morgan fingerprint density at radius 3 is 2.92 bits per heavy atom. The molecule has 3 N–H and O–H groups in total. The minimum atomic E-state index is -0.390. The topological polar surface area (TPSA) is 69.3 Å².